The fraction of sp³-hybridized carbons (Fsp3) is 0.0488. The predicted molar refractivity (Wildman–Crippen MR) is 351 cm³/mol. The lowest BCUT2D eigenvalue weighted by atomic mass is 9.70. The Kier molecular flexibility index (Phi) is 11.5. The topological polar surface area (TPSA) is 6.48 Å². The Labute approximate surface area is 492 Å². The fourth-order valence-electron chi connectivity index (χ4n) is 14.4. The standard InChI is InChI=1S/C82H58N2/c1-81(2)71-32-18-15-29-68(71)79-74(81)51-52-75-80(79)70-31-17-20-34-73(70)82(75)72-33-19-16-30-69(72)78-76(82)53-67(83(63-43-35-59(36-44-63)55-21-7-3-8-22-55)64-45-37-60(38-46-64)56-23-9-4-10-24-56)54-77(78)84(65-47-39-61(40-48-65)57-25-11-5-12-26-57)66-49-41-62(42-50-66)58-27-13-6-14-28-58/h3-54H,1-2H3. The van der Waals surface area contributed by atoms with Crippen LogP contribution in [0.15, 0.2) is 315 Å². The van der Waals surface area contributed by atoms with Gasteiger partial charge in [0.05, 0.1) is 11.1 Å². The van der Waals surface area contributed by atoms with Crippen LogP contribution in [0.1, 0.15) is 47.2 Å². The number of nitrogens with zero attached hydrogens (tertiary/aromatic N) is 2. The van der Waals surface area contributed by atoms with Gasteiger partial charge in [0.2, 0.25) is 0 Å². The van der Waals surface area contributed by atoms with Crippen molar-refractivity contribution < 1.29 is 0 Å². The molecular weight excluding hydrogens is 1010 g/mol. The molecule has 0 saturated heterocycles. The molecule has 0 saturated carbocycles. The van der Waals surface area contributed by atoms with Crippen LogP contribution in [0.5, 0.6) is 0 Å². The fourth-order valence-corrected chi connectivity index (χ4v) is 14.4. The van der Waals surface area contributed by atoms with Crippen molar-refractivity contribution in [1.82, 2.24) is 0 Å². The number of hydrogen-bond acceptors (Lipinski definition) is 2. The zero-order valence-corrected chi connectivity index (χ0v) is 46.9. The average molecular weight is 1070 g/mol. The minimum absolute atomic E-state index is 0.170. The lowest BCUT2D eigenvalue weighted by Gasteiger charge is -2.35. The van der Waals surface area contributed by atoms with Crippen molar-refractivity contribution in [1.29, 1.82) is 0 Å². The lowest BCUT2D eigenvalue weighted by Crippen LogP contribution is -2.27. The Bertz CT molecular complexity index is 4460. The molecule has 0 amide bonds. The summed E-state index contributed by atoms with van der Waals surface area (Å²) in [5.74, 6) is 0. The van der Waals surface area contributed by atoms with Crippen LogP contribution in [0, 0.1) is 0 Å². The molecule has 0 aliphatic heterocycles. The molecule has 0 heterocycles. The van der Waals surface area contributed by atoms with Crippen molar-refractivity contribution >= 4 is 34.1 Å². The maximum atomic E-state index is 2.56. The average Bonchev–Trinajstić information content (AvgIpc) is 1.50. The van der Waals surface area contributed by atoms with Crippen molar-refractivity contribution in [2.75, 3.05) is 9.80 Å². The molecule has 3 aliphatic rings. The van der Waals surface area contributed by atoms with Crippen LogP contribution in [-0.2, 0) is 10.8 Å². The summed E-state index contributed by atoms with van der Waals surface area (Å²) in [6.07, 6.45) is 0. The van der Waals surface area contributed by atoms with Gasteiger partial charge in [-0.1, -0.05) is 269 Å². The van der Waals surface area contributed by atoms with Gasteiger partial charge < -0.3 is 9.80 Å². The van der Waals surface area contributed by atoms with E-state index in [1.165, 1.54) is 111 Å². The first-order valence-corrected chi connectivity index (χ1v) is 29.3. The molecule has 13 aromatic rings. The van der Waals surface area contributed by atoms with E-state index in [1.54, 1.807) is 0 Å². The van der Waals surface area contributed by atoms with E-state index in [-0.39, 0.29) is 5.41 Å². The van der Waals surface area contributed by atoms with E-state index in [1.807, 2.05) is 0 Å². The van der Waals surface area contributed by atoms with Crippen molar-refractivity contribution in [2.45, 2.75) is 24.7 Å². The number of anilines is 6. The first-order chi connectivity index (χ1) is 41.4. The molecule has 0 N–H and O–H groups in total. The Balaban J connectivity index is 1.01. The molecule has 84 heavy (non-hydrogen) atoms. The third-order valence-corrected chi connectivity index (χ3v) is 18.3. The van der Waals surface area contributed by atoms with E-state index in [2.05, 4.69) is 339 Å². The lowest BCUT2D eigenvalue weighted by molar-refractivity contribution is 0.660. The van der Waals surface area contributed by atoms with E-state index in [0.717, 1.165) is 34.1 Å². The summed E-state index contributed by atoms with van der Waals surface area (Å²) in [6, 6.07) is 117. The predicted octanol–water partition coefficient (Wildman–Crippen LogP) is 21.9. The van der Waals surface area contributed by atoms with Gasteiger partial charge in [0, 0.05) is 39.4 Å². The van der Waals surface area contributed by atoms with Gasteiger partial charge >= 0.3 is 0 Å². The number of hydrogen-bond donors (Lipinski definition) is 0. The van der Waals surface area contributed by atoms with Crippen molar-refractivity contribution in [3.8, 4) is 77.9 Å². The third kappa shape index (κ3) is 7.64. The van der Waals surface area contributed by atoms with Crippen molar-refractivity contribution in [3.05, 3.63) is 349 Å². The summed E-state index contributed by atoms with van der Waals surface area (Å²) < 4.78 is 0. The summed E-state index contributed by atoms with van der Waals surface area (Å²) in [5, 5.41) is 0. The summed E-state index contributed by atoms with van der Waals surface area (Å²) in [4.78, 5) is 5.02. The molecule has 13 aromatic carbocycles. The molecule has 0 bridgehead atoms. The first-order valence-electron chi connectivity index (χ1n) is 29.3. The summed E-state index contributed by atoms with van der Waals surface area (Å²) >= 11 is 0. The molecule has 0 aromatic heterocycles. The Morgan fingerprint density at radius 1 is 0.214 bits per heavy atom. The summed E-state index contributed by atoms with van der Waals surface area (Å²) in [5.41, 5.74) is 30.7. The molecule has 396 valence electrons. The maximum Gasteiger partial charge on any atom is 0.0727 e. The van der Waals surface area contributed by atoms with Crippen LogP contribution in [-0.4, -0.2) is 0 Å². The maximum absolute atomic E-state index is 2.56. The van der Waals surface area contributed by atoms with Crippen molar-refractivity contribution in [2.24, 2.45) is 0 Å². The van der Waals surface area contributed by atoms with E-state index in [9.17, 15) is 0 Å². The van der Waals surface area contributed by atoms with Gasteiger partial charge in [0.15, 0.2) is 0 Å². The highest BCUT2D eigenvalue weighted by atomic mass is 15.2. The van der Waals surface area contributed by atoms with E-state index < -0.39 is 5.41 Å². The molecule has 1 atom stereocenters. The number of fused-ring (bicyclic) bond motifs is 14. The van der Waals surface area contributed by atoms with Gasteiger partial charge in [0.25, 0.3) is 0 Å². The first kappa shape index (κ1) is 49.3. The normalized spacial score (nSPS) is 14.5. The van der Waals surface area contributed by atoms with Gasteiger partial charge in [-0.25, -0.2) is 0 Å². The van der Waals surface area contributed by atoms with Crippen LogP contribution in [0.4, 0.5) is 34.1 Å². The molecular formula is C82H58N2. The molecule has 2 nitrogen and oxygen atoms in total. The third-order valence-electron chi connectivity index (χ3n) is 18.3. The highest BCUT2D eigenvalue weighted by Gasteiger charge is 2.55. The van der Waals surface area contributed by atoms with Crippen LogP contribution in [0.25, 0.3) is 77.9 Å². The molecule has 16 rings (SSSR count). The van der Waals surface area contributed by atoms with E-state index >= 15 is 0 Å². The number of benzene rings is 13. The molecule has 1 unspecified atom stereocenters. The summed E-state index contributed by atoms with van der Waals surface area (Å²) in [6.45, 7) is 4.81. The largest absolute Gasteiger partial charge is 0.310 e. The van der Waals surface area contributed by atoms with Gasteiger partial charge in [-0.15, -0.1) is 0 Å². The highest BCUT2D eigenvalue weighted by molar-refractivity contribution is 6.07. The second-order valence-electron chi connectivity index (χ2n) is 23.1. The second kappa shape index (κ2) is 19.6. The molecule has 2 heteroatoms. The van der Waals surface area contributed by atoms with Gasteiger partial charge in [-0.05, 0) is 166 Å². The highest BCUT2D eigenvalue weighted by Crippen LogP contribution is 2.68. The number of rotatable bonds is 10. The van der Waals surface area contributed by atoms with Crippen LogP contribution >= 0.6 is 0 Å². The van der Waals surface area contributed by atoms with Crippen molar-refractivity contribution in [3.63, 3.8) is 0 Å². The SMILES string of the molecule is CC1(C)c2ccccc2-c2c1ccc1c2-c2ccccc2C12c1ccccc1-c1c(N(c3ccc(-c4ccccc4)cc3)c3ccc(-c4ccccc4)cc3)cc(N(c3ccc(-c4ccccc4)cc3)c3ccc(-c4ccccc4)cc3)cc12. The Morgan fingerprint density at radius 2 is 0.524 bits per heavy atom. The molecule has 1 spiro atoms. The Morgan fingerprint density at radius 3 is 0.940 bits per heavy atom. The smallest absolute Gasteiger partial charge is 0.0727 e. The monoisotopic (exact) mass is 1070 g/mol. The second-order valence-corrected chi connectivity index (χ2v) is 23.1. The van der Waals surface area contributed by atoms with Crippen LogP contribution in [0.2, 0.25) is 0 Å². The van der Waals surface area contributed by atoms with E-state index in [4.69, 9.17) is 0 Å². The van der Waals surface area contributed by atoms with Crippen LogP contribution < -0.4 is 9.80 Å². The zero-order chi connectivity index (χ0) is 55.9. The minimum Gasteiger partial charge on any atom is -0.310 e. The quantitative estimate of drug-likeness (QED) is 0.135. The minimum atomic E-state index is -0.695. The Hall–Kier alpha value is -10.5. The molecule has 3 aliphatic carbocycles. The zero-order valence-electron chi connectivity index (χ0n) is 46.9. The van der Waals surface area contributed by atoms with Gasteiger partial charge in [0.1, 0.15) is 0 Å². The molecule has 0 radical (unpaired) electrons. The van der Waals surface area contributed by atoms with Crippen LogP contribution in [0.3, 0.4) is 0 Å². The van der Waals surface area contributed by atoms with Gasteiger partial charge in [-0.2, -0.15) is 0 Å². The molecule has 0 fully saturated rings. The van der Waals surface area contributed by atoms with Gasteiger partial charge in [-0.3, -0.25) is 0 Å². The summed E-state index contributed by atoms with van der Waals surface area (Å²) in [7, 11) is 0. The van der Waals surface area contributed by atoms with E-state index in [0.29, 0.717) is 0 Å².